The van der Waals surface area contributed by atoms with Crippen LogP contribution in [0.2, 0.25) is 0 Å². The monoisotopic (exact) mass is 717 g/mol. The number of benzene rings is 7. The third-order valence-corrected chi connectivity index (χ3v) is 11.1. The minimum absolute atomic E-state index is 0.102. The fourth-order valence-electron chi connectivity index (χ4n) is 8.40. The van der Waals surface area contributed by atoms with E-state index in [0.717, 1.165) is 51.4 Å². The number of fused-ring (bicyclic) bond motifs is 6. The van der Waals surface area contributed by atoms with Crippen molar-refractivity contribution in [1.82, 2.24) is 24.1 Å². The molecule has 10 aromatic rings. The summed E-state index contributed by atoms with van der Waals surface area (Å²) in [6, 6.07) is 60.6. The van der Waals surface area contributed by atoms with Crippen LogP contribution in [0.15, 0.2) is 194 Å². The Bertz CT molecular complexity index is 3170. The van der Waals surface area contributed by atoms with E-state index in [2.05, 4.69) is 185 Å². The summed E-state index contributed by atoms with van der Waals surface area (Å²) < 4.78 is 4.80. The van der Waals surface area contributed by atoms with E-state index in [1.807, 2.05) is 18.2 Å². The molecule has 0 saturated heterocycles. The molecule has 1 aliphatic carbocycles. The van der Waals surface area contributed by atoms with E-state index in [0.29, 0.717) is 11.6 Å². The molecule has 1 unspecified atom stereocenters. The van der Waals surface area contributed by atoms with Crippen LogP contribution in [0, 0.1) is 0 Å². The van der Waals surface area contributed by atoms with Crippen LogP contribution in [0.4, 0.5) is 0 Å². The van der Waals surface area contributed by atoms with Crippen molar-refractivity contribution in [3.8, 4) is 45.3 Å². The zero-order valence-electron chi connectivity index (χ0n) is 30.5. The average Bonchev–Trinajstić information content (AvgIpc) is 3.79. The number of allylic oxidation sites excluding steroid dienone is 4. The standard InChI is InChI=1S/C51H35N5/c1-4-15-34(16-5-1)49-52-50(35-17-6-2-7-18-35)54-51(53-49)38-20-14-19-36(31-38)37-27-29-43-41-23-11-13-26-46(41)56(47(43)32-37)40-28-30-44-42-24-10-12-25-45(42)55(48(44)33-40)39-21-8-3-9-22-39/h1-17,19-33,35H,18H2. The van der Waals surface area contributed by atoms with Gasteiger partial charge in [-0.05, 0) is 66.1 Å². The lowest BCUT2D eigenvalue weighted by molar-refractivity contribution is 0.764. The summed E-state index contributed by atoms with van der Waals surface area (Å²) in [6.45, 7) is 0. The number of hydrogen-bond acceptors (Lipinski definition) is 3. The van der Waals surface area contributed by atoms with Crippen molar-refractivity contribution < 1.29 is 0 Å². The first kappa shape index (κ1) is 32.1. The minimum Gasteiger partial charge on any atom is -0.309 e. The van der Waals surface area contributed by atoms with Crippen molar-refractivity contribution in [1.29, 1.82) is 0 Å². The molecule has 0 spiro atoms. The summed E-state index contributed by atoms with van der Waals surface area (Å²) in [5.74, 6) is 2.25. The third kappa shape index (κ3) is 5.36. The molecule has 3 aromatic heterocycles. The number of nitrogens with zero attached hydrogens (tertiary/aromatic N) is 5. The van der Waals surface area contributed by atoms with Gasteiger partial charge in [-0.3, -0.25) is 0 Å². The average molecular weight is 718 g/mol. The first-order chi connectivity index (χ1) is 27.8. The fourth-order valence-corrected chi connectivity index (χ4v) is 8.40. The van der Waals surface area contributed by atoms with Gasteiger partial charge in [-0.15, -0.1) is 0 Å². The van der Waals surface area contributed by atoms with Gasteiger partial charge in [0.15, 0.2) is 11.6 Å². The first-order valence-electron chi connectivity index (χ1n) is 19.1. The highest BCUT2D eigenvalue weighted by Gasteiger charge is 2.19. The lowest BCUT2D eigenvalue weighted by atomic mass is 9.99. The fraction of sp³-hybridized carbons (Fsp3) is 0.0392. The second-order valence-electron chi connectivity index (χ2n) is 14.4. The van der Waals surface area contributed by atoms with Crippen molar-refractivity contribution in [2.24, 2.45) is 0 Å². The minimum atomic E-state index is 0.102. The smallest absolute Gasteiger partial charge is 0.163 e. The van der Waals surface area contributed by atoms with Crippen LogP contribution in [-0.2, 0) is 0 Å². The Morgan fingerprint density at radius 3 is 1.70 bits per heavy atom. The SMILES string of the molecule is C1=CCC(c2nc(-c3ccccc3)nc(-c3cccc(-c4ccc5c6ccccc6n(-c6ccc7c8ccccc8n(-c8ccccc8)c7c6)c5c4)c3)n2)C=C1. The normalized spacial score (nSPS) is 14.0. The van der Waals surface area contributed by atoms with Gasteiger partial charge in [-0.1, -0.05) is 146 Å². The quantitative estimate of drug-likeness (QED) is 0.172. The van der Waals surface area contributed by atoms with E-state index >= 15 is 0 Å². The predicted molar refractivity (Wildman–Crippen MR) is 230 cm³/mol. The molecule has 0 radical (unpaired) electrons. The van der Waals surface area contributed by atoms with Crippen LogP contribution >= 0.6 is 0 Å². The van der Waals surface area contributed by atoms with E-state index in [1.165, 1.54) is 38.1 Å². The molecule has 1 atom stereocenters. The maximum absolute atomic E-state index is 5.08. The van der Waals surface area contributed by atoms with Crippen molar-refractivity contribution in [3.05, 3.63) is 200 Å². The van der Waals surface area contributed by atoms with Gasteiger partial charge in [0.05, 0.1) is 22.1 Å². The van der Waals surface area contributed by atoms with Crippen molar-refractivity contribution in [3.63, 3.8) is 0 Å². The van der Waals surface area contributed by atoms with Crippen LogP contribution in [-0.4, -0.2) is 24.1 Å². The highest BCUT2D eigenvalue weighted by Crippen LogP contribution is 2.38. The van der Waals surface area contributed by atoms with Crippen LogP contribution in [0.25, 0.3) is 88.9 Å². The molecule has 5 nitrogen and oxygen atoms in total. The molecule has 7 aromatic carbocycles. The Kier molecular flexibility index (Phi) is 7.56. The molecule has 0 bridgehead atoms. The van der Waals surface area contributed by atoms with E-state index in [-0.39, 0.29) is 5.92 Å². The van der Waals surface area contributed by atoms with Gasteiger partial charge in [0.1, 0.15) is 5.82 Å². The molecule has 56 heavy (non-hydrogen) atoms. The Hall–Kier alpha value is -7.37. The molecule has 0 N–H and O–H groups in total. The molecule has 11 rings (SSSR count). The van der Waals surface area contributed by atoms with Gasteiger partial charge in [0, 0.05) is 50.0 Å². The van der Waals surface area contributed by atoms with E-state index in [4.69, 9.17) is 15.0 Å². The summed E-state index contributed by atoms with van der Waals surface area (Å²) in [7, 11) is 0. The molecule has 0 amide bonds. The highest BCUT2D eigenvalue weighted by atomic mass is 15.0. The van der Waals surface area contributed by atoms with Crippen molar-refractivity contribution >= 4 is 43.6 Å². The number of rotatable bonds is 6. The molecule has 264 valence electrons. The van der Waals surface area contributed by atoms with Gasteiger partial charge in [-0.25, -0.2) is 15.0 Å². The molecule has 0 saturated carbocycles. The third-order valence-electron chi connectivity index (χ3n) is 11.1. The maximum atomic E-state index is 5.08. The maximum Gasteiger partial charge on any atom is 0.163 e. The van der Waals surface area contributed by atoms with Crippen LogP contribution in [0.3, 0.4) is 0 Å². The van der Waals surface area contributed by atoms with Gasteiger partial charge in [0.25, 0.3) is 0 Å². The molecule has 3 heterocycles. The Morgan fingerprint density at radius 2 is 0.964 bits per heavy atom. The van der Waals surface area contributed by atoms with Gasteiger partial charge in [-0.2, -0.15) is 0 Å². The van der Waals surface area contributed by atoms with E-state index in [9.17, 15) is 0 Å². The molecular weight excluding hydrogens is 683 g/mol. The summed E-state index contributed by atoms with van der Waals surface area (Å²) in [6.07, 6.45) is 9.38. The Labute approximate surface area is 324 Å². The van der Waals surface area contributed by atoms with Gasteiger partial charge in [0.2, 0.25) is 0 Å². The Morgan fingerprint density at radius 1 is 0.393 bits per heavy atom. The zero-order valence-corrected chi connectivity index (χ0v) is 30.5. The highest BCUT2D eigenvalue weighted by molar-refractivity contribution is 6.12. The molecular formula is C51H35N5. The van der Waals surface area contributed by atoms with E-state index in [1.54, 1.807) is 0 Å². The number of hydrogen-bond donors (Lipinski definition) is 0. The predicted octanol–water partition coefficient (Wildman–Crippen LogP) is 12.7. The number of para-hydroxylation sites is 3. The first-order valence-corrected chi connectivity index (χ1v) is 19.1. The van der Waals surface area contributed by atoms with Crippen LogP contribution < -0.4 is 0 Å². The van der Waals surface area contributed by atoms with E-state index < -0.39 is 0 Å². The lowest BCUT2D eigenvalue weighted by Gasteiger charge is -2.14. The van der Waals surface area contributed by atoms with Crippen molar-refractivity contribution in [2.75, 3.05) is 0 Å². The summed E-state index contributed by atoms with van der Waals surface area (Å²) in [5, 5.41) is 4.92. The lowest BCUT2D eigenvalue weighted by Crippen LogP contribution is -2.07. The topological polar surface area (TPSA) is 48.5 Å². The summed E-state index contributed by atoms with van der Waals surface area (Å²) in [5.41, 5.74) is 11.1. The van der Waals surface area contributed by atoms with Crippen LogP contribution in [0.1, 0.15) is 18.2 Å². The molecule has 0 fully saturated rings. The van der Waals surface area contributed by atoms with Crippen molar-refractivity contribution in [2.45, 2.75) is 12.3 Å². The second kappa shape index (κ2) is 13.2. The number of aromatic nitrogens is 5. The summed E-state index contributed by atoms with van der Waals surface area (Å²) in [4.78, 5) is 15.1. The van der Waals surface area contributed by atoms with Gasteiger partial charge < -0.3 is 9.13 Å². The zero-order chi connectivity index (χ0) is 37.0. The van der Waals surface area contributed by atoms with Gasteiger partial charge >= 0.3 is 0 Å². The largest absolute Gasteiger partial charge is 0.309 e. The second-order valence-corrected chi connectivity index (χ2v) is 14.4. The summed E-state index contributed by atoms with van der Waals surface area (Å²) >= 11 is 0. The molecule has 1 aliphatic rings. The molecule has 5 heteroatoms. The Balaban J connectivity index is 1.07. The molecule has 0 aliphatic heterocycles. The van der Waals surface area contributed by atoms with Crippen LogP contribution in [0.5, 0.6) is 0 Å².